The molecule has 0 saturated carbocycles. The van der Waals surface area contributed by atoms with Crippen LogP contribution in [0.4, 0.5) is 5.69 Å². The molecular weight excluding hydrogens is 355 g/mol. The molecule has 6 nitrogen and oxygen atoms in total. The number of esters is 2. The van der Waals surface area contributed by atoms with Crippen LogP contribution in [0.3, 0.4) is 0 Å². The van der Waals surface area contributed by atoms with Crippen molar-refractivity contribution in [2.24, 2.45) is 0 Å². The van der Waals surface area contributed by atoms with Crippen LogP contribution in [-0.4, -0.2) is 36.5 Å². The maximum Gasteiger partial charge on any atom is 0.358 e. The molecule has 2 unspecified atom stereocenters. The van der Waals surface area contributed by atoms with Crippen LogP contribution in [0.2, 0.25) is 10.0 Å². The number of halogens is 2. The predicted molar refractivity (Wildman–Crippen MR) is 89.9 cm³/mol. The van der Waals surface area contributed by atoms with Gasteiger partial charge in [0, 0.05) is 29.8 Å². The minimum Gasteiger partial charge on any atom is -0.399 e. The maximum atomic E-state index is 12.0. The van der Waals surface area contributed by atoms with Gasteiger partial charge in [0.05, 0.1) is 10.7 Å². The zero-order valence-electron chi connectivity index (χ0n) is 13.1. The van der Waals surface area contributed by atoms with E-state index < -0.39 is 23.9 Å². The van der Waals surface area contributed by atoms with E-state index in [9.17, 15) is 9.59 Å². The Balaban J connectivity index is 2.12. The topological polar surface area (TPSA) is 67.9 Å². The van der Waals surface area contributed by atoms with Crippen molar-refractivity contribution in [2.45, 2.75) is 31.8 Å². The van der Waals surface area contributed by atoms with Crippen LogP contribution < -0.4 is 10.2 Å². The molecule has 128 valence electrons. The second kappa shape index (κ2) is 6.27. The smallest absolute Gasteiger partial charge is 0.358 e. The third-order valence-electron chi connectivity index (χ3n) is 3.96. The first-order valence-corrected chi connectivity index (χ1v) is 8.20. The SMILES string of the molecule is CC1CN(c2ccc(Cl)cc2Cl)C2(OC(=O)C=CC(=O)O2)C(C)N1. The zero-order valence-corrected chi connectivity index (χ0v) is 14.6. The Kier molecular flexibility index (Phi) is 4.46. The summed E-state index contributed by atoms with van der Waals surface area (Å²) in [5.41, 5.74) is 0.559. The Morgan fingerprint density at radius 2 is 1.79 bits per heavy atom. The Morgan fingerprint density at radius 3 is 2.38 bits per heavy atom. The molecule has 8 heteroatoms. The molecule has 3 rings (SSSR count). The second-order valence-electron chi connectivity index (χ2n) is 5.80. The highest BCUT2D eigenvalue weighted by molar-refractivity contribution is 6.36. The van der Waals surface area contributed by atoms with Gasteiger partial charge in [-0.05, 0) is 32.0 Å². The molecule has 0 bridgehead atoms. The highest BCUT2D eigenvalue weighted by Gasteiger charge is 2.54. The lowest BCUT2D eigenvalue weighted by Crippen LogP contribution is -2.72. The van der Waals surface area contributed by atoms with E-state index in [1.54, 1.807) is 30.0 Å². The van der Waals surface area contributed by atoms with Crippen molar-refractivity contribution in [1.29, 1.82) is 0 Å². The summed E-state index contributed by atoms with van der Waals surface area (Å²) < 4.78 is 11.1. The first-order chi connectivity index (χ1) is 11.3. The van der Waals surface area contributed by atoms with Crippen molar-refractivity contribution >= 4 is 40.8 Å². The van der Waals surface area contributed by atoms with E-state index in [0.717, 1.165) is 12.2 Å². The molecule has 1 spiro atoms. The quantitative estimate of drug-likeness (QED) is 0.766. The molecule has 0 aliphatic carbocycles. The number of carbonyl (C=O) groups is 2. The second-order valence-corrected chi connectivity index (χ2v) is 6.65. The van der Waals surface area contributed by atoms with Gasteiger partial charge < -0.3 is 14.8 Å². The van der Waals surface area contributed by atoms with Crippen LogP contribution in [0.1, 0.15) is 13.8 Å². The standard InChI is InChI=1S/C16H16Cl2N2O4/c1-9-8-20(13-4-3-11(17)7-12(13)18)16(10(2)19-9)23-14(21)5-6-15(22)24-16/h3-7,9-10,19H,8H2,1-2H3. The summed E-state index contributed by atoms with van der Waals surface area (Å²) in [4.78, 5) is 25.7. The summed E-state index contributed by atoms with van der Waals surface area (Å²) in [5.74, 6) is -2.97. The first kappa shape index (κ1) is 17.1. The van der Waals surface area contributed by atoms with Crippen molar-refractivity contribution in [1.82, 2.24) is 5.32 Å². The number of rotatable bonds is 1. The van der Waals surface area contributed by atoms with Crippen LogP contribution in [0.15, 0.2) is 30.4 Å². The molecule has 0 radical (unpaired) electrons. The van der Waals surface area contributed by atoms with Gasteiger partial charge in [0.2, 0.25) is 0 Å². The largest absolute Gasteiger partial charge is 0.399 e. The highest BCUT2D eigenvalue weighted by Crippen LogP contribution is 2.39. The minimum atomic E-state index is -1.64. The summed E-state index contributed by atoms with van der Waals surface area (Å²) in [6.45, 7) is 4.16. The molecule has 2 atom stereocenters. The normalized spacial score (nSPS) is 26.1. The van der Waals surface area contributed by atoms with Crippen LogP contribution in [0.25, 0.3) is 0 Å². The highest BCUT2D eigenvalue weighted by atomic mass is 35.5. The van der Waals surface area contributed by atoms with E-state index in [2.05, 4.69) is 5.32 Å². The molecular formula is C16H16Cl2N2O4. The van der Waals surface area contributed by atoms with E-state index in [1.807, 2.05) is 6.92 Å². The number of anilines is 1. The fraction of sp³-hybridized carbons (Fsp3) is 0.375. The lowest BCUT2D eigenvalue weighted by molar-refractivity contribution is -0.235. The van der Waals surface area contributed by atoms with Gasteiger partial charge in [0.1, 0.15) is 6.04 Å². The molecule has 2 aliphatic rings. The lowest BCUT2D eigenvalue weighted by Gasteiger charge is -2.50. The Hall–Kier alpha value is -1.76. The summed E-state index contributed by atoms with van der Waals surface area (Å²) in [6, 6.07) is 4.53. The zero-order chi connectivity index (χ0) is 17.5. The summed E-state index contributed by atoms with van der Waals surface area (Å²) in [6.07, 6.45) is 2.09. The van der Waals surface area contributed by atoms with Gasteiger partial charge in [-0.1, -0.05) is 23.2 Å². The number of nitrogens with zero attached hydrogens (tertiary/aromatic N) is 1. The number of hydrogen-bond donors (Lipinski definition) is 1. The van der Waals surface area contributed by atoms with Crippen LogP contribution in [-0.2, 0) is 19.1 Å². The lowest BCUT2D eigenvalue weighted by atomic mass is 10.1. The molecule has 2 aliphatic heterocycles. The number of ether oxygens (including phenoxy) is 2. The third kappa shape index (κ3) is 2.97. The van der Waals surface area contributed by atoms with Crippen molar-refractivity contribution in [3.05, 3.63) is 40.4 Å². The fourth-order valence-corrected chi connectivity index (χ4v) is 3.50. The molecule has 1 fully saturated rings. The molecule has 24 heavy (non-hydrogen) atoms. The molecule has 1 saturated heterocycles. The Bertz CT molecular complexity index is 702. The van der Waals surface area contributed by atoms with E-state index in [4.69, 9.17) is 32.7 Å². The summed E-state index contributed by atoms with van der Waals surface area (Å²) >= 11 is 12.3. The van der Waals surface area contributed by atoms with Gasteiger partial charge in [0.15, 0.2) is 0 Å². The number of nitrogens with one attached hydrogen (secondary N) is 1. The minimum absolute atomic E-state index is 0.0472. The van der Waals surface area contributed by atoms with Crippen LogP contribution in [0.5, 0.6) is 0 Å². The number of piperazine rings is 1. The van der Waals surface area contributed by atoms with E-state index >= 15 is 0 Å². The molecule has 1 aromatic rings. The maximum absolute atomic E-state index is 12.0. The van der Waals surface area contributed by atoms with E-state index in [1.165, 1.54) is 0 Å². The average Bonchev–Trinajstić information content (AvgIpc) is 2.64. The van der Waals surface area contributed by atoms with Crippen molar-refractivity contribution in [3.8, 4) is 0 Å². The number of benzene rings is 1. The average molecular weight is 371 g/mol. The number of hydrogen-bond acceptors (Lipinski definition) is 6. The molecule has 0 aromatic heterocycles. The number of carbonyl (C=O) groups excluding carboxylic acids is 2. The Labute approximate surface area is 149 Å². The molecule has 1 aromatic carbocycles. The molecule has 1 N–H and O–H groups in total. The van der Waals surface area contributed by atoms with Gasteiger partial charge in [-0.2, -0.15) is 0 Å². The fourth-order valence-electron chi connectivity index (χ4n) is 2.99. The van der Waals surface area contributed by atoms with Gasteiger partial charge in [-0.15, -0.1) is 0 Å². The monoisotopic (exact) mass is 370 g/mol. The summed E-state index contributed by atoms with van der Waals surface area (Å²) in [7, 11) is 0. The molecule has 0 amide bonds. The van der Waals surface area contributed by atoms with E-state index in [0.29, 0.717) is 22.3 Å². The van der Waals surface area contributed by atoms with Gasteiger partial charge >= 0.3 is 17.8 Å². The predicted octanol–water partition coefficient (Wildman–Crippen LogP) is 2.49. The van der Waals surface area contributed by atoms with Crippen molar-refractivity contribution in [3.63, 3.8) is 0 Å². The van der Waals surface area contributed by atoms with Crippen molar-refractivity contribution in [2.75, 3.05) is 11.4 Å². The van der Waals surface area contributed by atoms with Crippen LogP contribution in [0, 0.1) is 0 Å². The van der Waals surface area contributed by atoms with Crippen molar-refractivity contribution < 1.29 is 19.1 Å². The first-order valence-electron chi connectivity index (χ1n) is 7.44. The molecule has 2 heterocycles. The van der Waals surface area contributed by atoms with E-state index in [-0.39, 0.29) is 6.04 Å². The van der Waals surface area contributed by atoms with Gasteiger partial charge in [-0.25, -0.2) is 9.59 Å². The third-order valence-corrected chi connectivity index (χ3v) is 4.50. The van der Waals surface area contributed by atoms with Crippen LogP contribution >= 0.6 is 23.2 Å². The Morgan fingerprint density at radius 1 is 1.17 bits per heavy atom. The summed E-state index contributed by atoms with van der Waals surface area (Å²) in [5, 5.41) is 4.09. The van der Waals surface area contributed by atoms with Gasteiger partial charge in [0.25, 0.3) is 0 Å². The van der Waals surface area contributed by atoms with Gasteiger partial charge in [-0.3, -0.25) is 4.90 Å².